The van der Waals surface area contributed by atoms with Gasteiger partial charge in [-0.3, -0.25) is 4.79 Å². The number of esters is 2. The molecule has 242 valence electrons. The van der Waals surface area contributed by atoms with Crippen molar-refractivity contribution in [3.05, 3.63) is 48.0 Å². The second kappa shape index (κ2) is 17.3. The molecule has 0 aliphatic carbocycles. The van der Waals surface area contributed by atoms with Crippen molar-refractivity contribution in [3.63, 3.8) is 0 Å². The minimum absolute atomic E-state index is 0.0353. The lowest BCUT2D eigenvalue weighted by molar-refractivity contribution is -0.163. The third-order valence-electron chi connectivity index (χ3n) is 6.16. The number of hydrogen-bond donors (Lipinski definition) is 1. The van der Waals surface area contributed by atoms with Gasteiger partial charge in [-0.2, -0.15) is 0 Å². The molecule has 1 aliphatic heterocycles. The molecule has 4 unspecified atom stereocenters. The van der Waals surface area contributed by atoms with Crippen LogP contribution in [0.2, 0.25) is 0 Å². The van der Waals surface area contributed by atoms with Crippen LogP contribution in [0.15, 0.2) is 36.5 Å². The number of hydrogen-bond acceptors (Lipinski definition) is 12. The molecule has 3 rings (SSSR count). The van der Waals surface area contributed by atoms with Gasteiger partial charge in [0.05, 0.1) is 20.3 Å². The van der Waals surface area contributed by atoms with Crippen LogP contribution in [0.1, 0.15) is 38.2 Å². The van der Waals surface area contributed by atoms with Crippen molar-refractivity contribution >= 4 is 17.8 Å². The number of carbonyl (C=O) groups is 3. The van der Waals surface area contributed by atoms with E-state index in [2.05, 4.69) is 10.3 Å². The van der Waals surface area contributed by atoms with Crippen molar-refractivity contribution < 1.29 is 56.7 Å². The van der Waals surface area contributed by atoms with Crippen molar-refractivity contribution in [1.82, 2.24) is 10.3 Å². The Morgan fingerprint density at radius 3 is 2.59 bits per heavy atom. The molecule has 1 N–H and O–H groups in total. The lowest BCUT2D eigenvalue weighted by atomic mass is 10.1. The zero-order valence-corrected chi connectivity index (χ0v) is 25.4. The van der Waals surface area contributed by atoms with Gasteiger partial charge in [0.2, 0.25) is 6.79 Å². The summed E-state index contributed by atoms with van der Waals surface area (Å²) in [6.07, 6.45) is -0.975. The van der Waals surface area contributed by atoms with Gasteiger partial charge in [-0.1, -0.05) is 13.8 Å². The maximum absolute atomic E-state index is 13.5. The quantitative estimate of drug-likeness (QED) is 0.244. The molecule has 2 aromatic rings. The topological polar surface area (TPSA) is 150 Å². The van der Waals surface area contributed by atoms with E-state index in [0.29, 0.717) is 19.0 Å². The van der Waals surface area contributed by atoms with Crippen LogP contribution >= 0.6 is 0 Å². The molecule has 1 amide bonds. The number of pyridine rings is 1. The molecule has 44 heavy (non-hydrogen) atoms. The third-order valence-corrected chi connectivity index (χ3v) is 6.16. The SMILES string of the molecule is CCOCC(=O)OCOc1c(OC)ccnc1C(=O)NC1COCC(Oc2ccc(F)cc2)C(OCC(C)C)C(C)OC1=O. The first kappa shape index (κ1) is 34.5. The maximum atomic E-state index is 13.5. The lowest BCUT2D eigenvalue weighted by Gasteiger charge is -2.31. The number of aromatic nitrogens is 1. The molecular formula is C30H39FN2O11. The summed E-state index contributed by atoms with van der Waals surface area (Å²) in [7, 11) is 1.36. The van der Waals surface area contributed by atoms with Crippen LogP contribution in [-0.2, 0) is 33.3 Å². The summed E-state index contributed by atoms with van der Waals surface area (Å²) in [5.41, 5.74) is -0.235. The second-order valence-corrected chi connectivity index (χ2v) is 10.1. The van der Waals surface area contributed by atoms with E-state index in [4.69, 9.17) is 37.9 Å². The van der Waals surface area contributed by atoms with Crippen molar-refractivity contribution in [2.24, 2.45) is 5.92 Å². The Hall–Kier alpha value is -4.01. The van der Waals surface area contributed by atoms with E-state index in [1.165, 1.54) is 43.6 Å². The van der Waals surface area contributed by atoms with Gasteiger partial charge in [-0.15, -0.1) is 0 Å². The van der Waals surface area contributed by atoms with Gasteiger partial charge in [0.1, 0.15) is 30.4 Å². The van der Waals surface area contributed by atoms with Gasteiger partial charge < -0.3 is 43.2 Å². The van der Waals surface area contributed by atoms with Crippen LogP contribution in [0.4, 0.5) is 4.39 Å². The van der Waals surface area contributed by atoms with E-state index >= 15 is 0 Å². The highest BCUT2D eigenvalue weighted by molar-refractivity contribution is 5.98. The fourth-order valence-corrected chi connectivity index (χ4v) is 4.04. The van der Waals surface area contributed by atoms with E-state index in [1.54, 1.807) is 13.8 Å². The molecular weight excluding hydrogens is 583 g/mol. The molecule has 1 aromatic carbocycles. The van der Waals surface area contributed by atoms with Gasteiger partial charge in [0.15, 0.2) is 29.3 Å². The third kappa shape index (κ3) is 10.3. The first-order valence-electron chi connectivity index (χ1n) is 14.1. The molecule has 14 heteroatoms. The van der Waals surface area contributed by atoms with Gasteiger partial charge >= 0.3 is 11.9 Å². The number of benzene rings is 1. The summed E-state index contributed by atoms with van der Waals surface area (Å²) in [6, 6.07) is 5.68. The molecule has 0 saturated carbocycles. The van der Waals surface area contributed by atoms with Crippen LogP contribution in [-0.4, -0.2) is 94.1 Å². The lowest BCUT2D eigenvalue weighted by Crippen LogP contribution is -2.47. The number of halogens is 1. The zero-order chi connectivity index (χ0) is 32.1. The second-order valence-electron chi connectivity index (χ2n) is 10.1. The van der Waals surface area contributed by atoms with E-state index in [9.17, 15) is 18.8 Å². The van der Waals surface area contributed by atoms with Crippen LogP contribution in [0, 0.1) is 11.7 Å². The first-order valence-corrected chi connectivity index (χ1v) is 14.1. The van der Waals surface area contributed by atoms with Gasteiger partial charge in [-0.05, 0) is 44.0 Å². The molecule has 0 spiro atoms. The first-order chi connectivity index (χ1) is 21.1. The molecule has 1 aliphatic rings. The average molecular weight is 623 g/mol. The Morgan fingerprint density at radius 2 is 1.91 bits per heavy atom. The summed E-state index contributed by atoms with van der Waals surface area (Å²) in [6.45, 7) is 6.88. The highest BCUT2D eigenvalue weighted by Crippen LogP contribution is 2.30. The van der Waals surface area contributed by atoms with E-state index in [0.717, 1.165) is 0 Å². The highest BCUT2D eigenvalue weighted by atomic mass is 19.1. The fourth-order valence-electron chi connectivity index (χ4n) is 4.04. The number of rotatable bonds is 14. The average Bonchev–Trinajstić information content (AvgIpc) is 3.04. The number of cyclic esters (lactones) is 1. The molecule has 1 aromatic heterocycles. The molecule has 1 fully saturated rings. The standard InChI is InChI=1S/C30H39FN2O11/c1-6-38-16-25(34)41-17-42-28-23(37-5)11-12-32-26(28)29(35)33-22-14-39-15-24(44-21-9-7-20(31)8-10-21)27(40-13-18(2)3)19(4)43-30(22)36/h7-12,18-19,22,24,27H,6,13-17H2,1-5H3,(H,33,35). The summed E-state index contributed by atoms with van der Waals surface area (Å²) in [5.74, 6) is -2.09. The Labute approximate surface area is 255 Å². The number of ether oxygens (including phenoxy) is 8. The van der Waals surface area contributed by atoms with Gasteiger partial charge in [0.25, 0.3) is 5.91 Å². The number of carbonyl (C=O) groups excluding carboxylic acids is 3. The summed E-state index contributed by atoms with van der Waals surface area (Å²) in [5, 5.41) is 2.57. The van der Waals surface area contributed by atoms with Crippen molar-refractivity contribution in [3.8, 4) is 17.2 Å². The molecule has 4 atom stereocenters. The Kier molecular flexibility index (Phi) is 13.6. The summed E-state index contributed by atoms with van der Waals surface area (Å²) >= 11 is 0. The van der Waals surface area contributed by atoms with Gasteiger partial charge in [0, 0.05) is 25.5 Å². The molecule has 13 nitrogen and oxygen atoms in total. The van der Waals surface area contributed by atoms with Crippen LogP contribution in [0.5, 0.6) is 17.2 Å². The Morgan fingerprint density at radius 1 is 1.16 bits per heavy atom. The number of nitrogens with zero attached hydrogens (tertiary/aromatic N) is 1. The van der Waals surface area contributed by atoms with E-state index in [-0.39, 0.29) is 42.9 Å². The van der Waals surface area contributed by atoms with Crippen LogP contribution in [0.25, 0.3) is 0 Å². The van der Waals surface area contributed by atoms with Gasteiger partial charge in [-0.25, -0.2) is 19.0 Å². The zero-order valence-electron chi connectivity index (χ0n) is 25.4. The van der Waals surface area contributed by atoms with E-state index < -0.39 is 54.8 Å². The highest BCUT2D eigenvalue weighted by Gasteiger charge is 2.37. The van der Waals surface area contributed by atoms with Crippen LogP contribution < -0.4 is 19.5 Å². The van der Waals surface area contributed by atoms with Crippen molar-refractivity contribution in [2.75, 3.05) is 46.9 Å². The minimum Gasteiger partial charge on any atom is -0.493 e. The normalized spacial score (nSPS) is 20.5. The minimum atomic E-state index is -1.25. The summed E-state index contributed by atoms with van der Waals surface area (Å²) in [4.78, 5) is 42.4. The smallest absolute Gasteiger partial charge is 0.334 e. The number of nitrogens with one attached hydrogen (secondary N) is 1. The predicted octanol–water partition coefficient (Wildman–Crippen LogP) is 2.69. The number of amides is 1. The Balaban J connectivity index is 1.75. The van der Waals surface area contributed by atoms with Crippen molar-refractivity contribution in [2.45, 2.75) is 52.0 Å². The number of methoxy groups -OCH3 is 1. The predicted molar refractivity (Wildman–Crippen MR) is 152 cm³/mol. The molecule has 0 radical (unpaired) electrons. The molecule has 2 heterocycles. The van der Waals surface area contributed by atoms with Crippen LogP contribution in [0.3, 0.4) is 0 Å². The Bertz CT molecular complexity index is 1230. The summed E-state index contributed by atoms with van der Waals surface area (Å²) < 4.78 is 57.9. The fraction of sp³-hybridized carbons (Fsp3) is 0.533. The van der Waals surface area contributed by atoms with E-state index in [1.807, 2.05) is 13.8 Å². The maximum Gasteiger partial charge on any atom is 0.334 e. The molecule has 0 bridgehead atoms. The molecule has 1 saturated heterocycles. The monoisotopic (exact) mass is 622 g/mol. The van der Waals surface area contributed by atoms with Crippen molar-refractivity contribution in [1.29, 1.82) is 0 Å². The largest absolute Gasteiger partial charge is 0.493 e.